The maximum absolute atomic E-state index is 14.1. The molecule has 0 unspecified atom stereocenters. The molecule has 1 aliphatic heterocycles. The maximum Gasteiger partial charge on any atom is 0.170 e. The van der Waals surface area contributed by atoms with Crippen molar-refractivity contribution < 1.29 is 9.50 Å². The van der Waals surface area contributed by atoms with Gasteiger partial charge in [0, 0.05) is 55.7 Å². The van der Waals surface area contributed by atoms with E-state index in [0.29, 0.717) is 5.56 Å². The second-order valence-corrected chi connectivity index (χ2v) is 9.51. The Morgan fingerprint density at radius 1 is 1.00 bits per heavy atom. The second kappa shape index (κ2) is 10.2. The van der Waals surface area contributed by atoms with Gasteiger partial charge in [-0.3, -0.25) is 4.98 Å². The predicted molar refractivity (Wildman–Crippen MR) is 141 cm³/mol. The molecular weight excluding hydrogens is 463 g/mol. The Balaban J connectivity index is 1.37. The van der Waals surface area contributed by atoms with Crippen molar-refractivity contribution in [1.29, 1.82) is 0 Å². The van der Waals surface area contributed by atoms with Crippen molar-refractivity contribution in [3.05, 3.63) is 83.3 Å². The molecule has 0 bridgehead atoms. The van der Waals surface area contributed by atoms with E-state index in [4.69, 9.17) is 11.6 Å². The third-order valence-corrected chi connectivity index (χ3v) is 6.90. The second-order valence-electron chi connectivity index (χ2n) is 9.10. The van der Waals surface area contributed by atoms with Crippen LogP contribution in [0.2, 0.25) is 5.02 Å². The molecule has 2 heterocycles. The monoisotopic (exact) mass is 490 g/mol. The van der Waals surface area contributed by atoms with E-state index in [1.807, 2.05) is 24.3 Å². The van der Waals surface area contributed by atoms with E-state index in [0.717, 1.165) is 67.0 Å². The number of hydrogen-bond donors (Lipinski definition) is 2. The van der Waals surface area contributed by atoms with Crippen LogP contribution in [0.3, 0.4) is 0 Å². The first-order valence-corrected chi connectivity index (χ1v) is 12.2. The molecular formula is C28H28ClFN4O. The smallest absolute Gasteiger partial charge is 0.170 e. The molecule has 0 amide bonds. The summed E-state index contributed by atoms with van der Waals surface area (Å²) in [5.41, 5.74) is 5.43. The van der Waals surface area contributed by atoms with Gasteiger partial charge in [0.1, 0.15) is 0 Å². The number of pyridine rings is 1. The minimum Gasteiger partial charge on any atom is -0.504 e. The highest BCUT2D eigenvalue weighted by Gasteiger charge is 2.14. The minimum absolute atomic E-state index is 0.0157. The SMILES string of the molecule is CN1CCN(CCc2cccc(Nc3ccnc4ccc(-c5cc(F)c(O)c(Cl)c5)cc34)c2)CC1. The minimum atomic E-state index is -0.745. The molecule has 0 aliphatic carbocycles. The van der Waals surface area contributed by atoms with Gasteiger partial charge in [-0.1, -0.05) is 29.8 Å². The van der Waals surface area contributed by atoms with Crippen molar-refractivity contribution >= 4 is 33.9 Å². The van der Waals surface area contributed by atoms with Crippen LogP contribution in [0.1, 0.15) is 5.56 Å². The van der Waals surface area contributed by atoms with Crippen LogP contribution < -0.4 is 5.32 Å². The number of anilines is 2. The summed E-state index contributed by atoms with van der Waals surface area (Å²) in [5, 5.41) is 14.1. The molecule has 2 N–H and O–H groups in total. The molecule has 1 saturated heterocycles. The number of likely N-dealkylation sites (N-methyl/N-ethyl adjacent to an activating group) is 1. The normalized spacial score (nSPS) is 14.9. The Labute approximate surface area is 209 Å². The Bertz CT molecular complexity index is 1330. The zero-order chi connectivity index (χ0) is 24.4. The van der Waals surface area contributed by atoms with Gasteiger partial charge >= 0.3 is 0 Å². The standard InChI is InChI=1S/C28H28ClFN4O/c1-33-11-13-34(14-12-33)10-8-19-3-2-4-22(15-19)32-27-7-9-31-26-6-5-20(16-23(26)27)21-17-24(29)28(35)25(30)18-21/h2-7,9,15-18,35H,8,10-14H2,1H3,(H,31,32). The molecule has 0 saturated carbocycles. The van der Waals surface area contributed by atoms with Crippen LogP contribution in [-0.4, -0.2) is 59.7 Å². The number of aromatic nitrogens is 1. The van der Waals surface area contributed by atoms with Crippen molar-refractivity contribution in [3.63, 3.8) is 0 Å². The highest BCUT2D eigenvalue weighted by Crippen LogP contribution is 2.35. The van der Waals surface area contributed by atoms with Crippen molar-refractivity contribution in [2.45, 2.75) is 6.42 Å². The molecule has 1 fully saturated rings. The summed E-state index contributed by atoms with van der Waals surface area (Å²) in [6.07, 6.45) is 2.78. The molecule has 35 heavy (non-hydrogen) atoms. The Hall–Kier alpha value is -3.19. The fourth-order valence-electron chi connectivity index (χ4n) is 4.49. The molecule has 1 aliphatic rings. The first-order chi connectivity index (χ1) is 17.0. The summed E-state index contributed by atoms with van der Waals surface area (Å²) in [7, 11) is 2.18. The van der Waals surface area contributed by atoms with Gasteiger partial charge in [-0.15, -0.1) is 0 Å². The molecule has 7 heteroatoms. The number of nitrogens with zero attached hydrogens (tertiary/aromatic N) is 3. The summed E-state index contributed by atoms with van der Waals surface area (Å²) in [4.78, 5) is 9.38. The van der Waals surface area contributed by atoms with Crippen LogP contribution >= 0.6 is 11.6 Å². The molecule has 5 rings (SSSR count). The van der Waals surface area contributed by atoms with Gasteiger partial charge in [0.05, 0.1) is 10.5 Å². The van der Waals surface area contributed by atoms with Gasteiger partial charge in [0.15, 0.2) is 11.6 Å². The van der Waals surface area contributed by atoms with E-state index in [1.165, 1.54) is 11.6 Å². The van der Waals surface area contributed by atoms with Crippen molar-refractivity contribution in [2.75, 3.05) is 45.1 Å². The quantitative estimate of drug-likeness (QED) is 0.350. The summed E-state index contributed by atoms with van der Waals surface area (Å²) < 4.78 is 14.1. The van der Waals surface area contributed by atoms with Crippen LogP contribution in [0, 0.1) is 5.82 Å². The molecule has 5 nitrogen and oxygen atoms in total. The molecule has 0 radical (unpaired) electrons. The van der Waals surface area contributed by atoms with E-state index in [1.54, 1.807) is 12.3 Å². The third-order valence-electron chi connectivity index (χ3n) is 6.61. The predicted octanol–water partition coefficient (Wildman–Crippen LogP) is 5.93. The lowest BCUT2D eigenvalue weighted by Crippen LogP contribution is -2.45. The van der Waals surface area contributed by atoms with Crippen molar-refractivity contribution in [2.24, 2.45) is 0 Å². The molecule has 0 atom stereocenters. The molecule has 4 aromatic rings. The van der Waals surface area contributed by atoms with Gasteiger partial charge in [-0.2, -0.15) is 0 Å². The number of phenolic OH excluding ortho intramolecular Hbond substituents is 1. The zero-order valence-electron chi connectivity index (χ0n) is 19.6. The van der Waals surface area contributed by atoms with Crippen LogP contribution in [0.4, 0.5) is 15.8 Å². The van der Waals surface area contributed by atoms with Crippen LogP contribution in [0.25, 0.3) is 22.0 Å². The topological polar surface area (TPSA) is 51.6 Å². The lowest BCUT2D eigenvalue weighted by molar-refractivity contribution is 0.155. The number of halogens is 2. The van der Waals surface area contributed by atoms with Gasteiger partial charge in [0.25, 0.3) is 0 Å². The van der Waals surface area contributed by atoms with E-state index >= 15 is 0 Å². The summed E-state index contributed by atoms with van der Waals surface area (Å²) in [5.74, 6) is -1.28. The number of piperazine rings is 1. The fourth-order valence-corrected chi connectivity index (χ4v) is 4.69. The number of hydrogen-bond acceptors (Lipinski definition) is 5. The number of benzene rings is 3. The number of nitrogens with one attached hydrogen (secondary N) is 1. The van der Waals surface area contributed by atoms with Crippen LogP contribution in [0.5, 0.6) is 5.75 Å². The van der Waals surface area contributed by atoms with E-state index in [2.05, 4.69) is 51.4 Å². The largest absolute Gasteiger partial charge is 0.504 e. The molecule has 3 aromatic carbocycles. The van der Waals surface area contributed by atoms with Gasteiger partial charge in [0.2, 0.25) is 0 Å². The Kier molecular flexibility index (Phi) is 6.86. The molecule has 180 valence electrons. The maximum atomic E-state index is 14.1. The molecule has 1 aromatic heterocycles. The average molecular weight is 491 g/mol. The lowest BCUT2D eigenvalue weighted by atomic mass is 10.0. The van der Waals surface area contributed by atoms with Gasteiger partial charge in [-0.05, 0) is 72.6 Å². The Morgan fingerprint density at radius 2 is 1.83 bits per heavy atom. The fraction of sp³-hybridized carbons (Fsp3) is 0.250. The highest BCUT2D eigenvalue weighted by atomic mass is 35.5. The van der Waals surface area contributed by atoms with E-state index in [-0.39, 0.29) is 5.02 Å². The van der Waals surface area contributed by atoms with E-state index in [9.17, 15) is 9.50 Å². The van der Waals surface area contributed by atoms with Crippen LogP contribution in [0.15, 0.2) is 66.9 Å². The highest BCUT2D eigenvalue weighted by molar-refractivity contribution is 6.32. The first-order valence-electron chi connectivity index (χ1n) is 11.8. The van der Waals surface area contributed by atoms with Gasteiger partial charge < -0.3 is 20.2 Å². The number of fused-ring (bicyclic) bond motifs is 1. The lowest BCUT2D eigenvalue weighted by Gasteiger charge is -2.32. The molecule has 0 spiro atoms. The van der Waals surface area contributed by atoms with Crippen molar-refractivity contribution in [3.8, 4) is 16.9 Å². The number of aromatic hydroxyl groups is 1. The summed E-state index contributed by atoms with van der Waals surface area (Å²) in [6.45, 7) is 5.56. The van der Waals surface area contributed by atoms with Gasteiger partial charge in [-0.25, -0.2) is 4.39 Å². The summed E-state index contributed by atoms with van der Waals surface area (Å²) in [6, 6.07) is 19.0. The van der Waals surface area contributed by atoms with E-state index < -0.39 is 11.6 Å². The summed E-state index contributed by atoms with van der Waals surface area (Å²) >= 11 is 6.00. The zero-order valence-corrected chi connectivity index (χ0v) is 20.4. The van der Waals surface area contributed by atoms with Crippen molar-refractivity contribution in [1.82, 2.24) is 14.8 Å². The first kappa shape index (κ1) is 23.5. The number of phenols is 1. The Morgan fingerprint density at radius 3 is 2.63 bits per heavy atom. The average Bonchev–Trinajstić information content (AvgIpc) is 2.87. The third kappa shape index (κ3) is 5.40. The van der Waals surface area contributed by atoms with Crippen LogP contribution in [-0.2, 0) is 6.42 Å². The number of rotatable bonds is 6.